The normalized spacial score (nSPS) is 11.5. The monoisotopic (exact) mass is 289 g/mol. The molecule has 0 aromatic carbocycles. The van der Waals surface area contributed by atoms with Crippen LogP contribution in [0.2, 0.25) is 0 Å². The van der Waals surface area contributed by atoms with Gasteiger partial charge in [0.2, 0.25) is 0 Å². The van der Waals surface area contributed by atoms with Crippen molar-refractivity contribution in [3.63, 3.8) is 0 Å². The number of pyridine rings is 1. The van der Waals surface area contributed by atoms with E-state index in [1.54, 1.807) is 0 Å². The number of aromatic nitrogens is 1. The lowest BCUT2D eigenvalue weighted by Gasteiger charge is -2.24. The molecule has 0 aliphatic carbocycles. The van der Waals surface area contributed by atoms with Crippen LogP contribution in [0.3, 0.4) is 0 Å². The van der Waals surface area contributed by atoms with Gasteiger partial charge in [0, 0.05) is 19.6 Å². The van der Waals surface area contributed by atoms with Crippen LogP contribution in [0, 0.1) is 0 Å². The minimum atomic E-state index is -4.36. The van der Waals surface area contributed by atoms with E-state index in [9.17, 15) is 13.2 Å². The van der Waals surface area contributed by atoms with Gasteiger partial charge in [0.1, 0.15) is 11.6 Å². The molecule has 0 atom stereocenters. The van der Waals surface area contributed by atoms with Crippen molar-refractivity contribution in [2.75, 3.05) is 29.9 Å². The second-order valence-corrected chi connectivity index (χ2v) is 4.61. The molecular formula is C14H22F3N3. The Balaban J connectivity index is 3.18. The molecule has 0 spiro atoms. The number of alkyl halides is 3. The molecule has 0 aliphatic rings. The molecule has 0 unspecified atom stereocenters. The van der Waals surface area contributed by atoms with Crippen molar-refractivity contribution in [2.24, 2.45) is 0 Å². The Bertz CT molecular complexity index is 413. The van der Waals surface area contributed by atoms with Crippen molar-refractivity contribution in [3.8, 4) is 0 Å². The fourth-order valence-corrected chi connectivity index (χ4v) is 1.99. The summed E-state index contributed by atoms with van der Waals surface area (Å²) in [7, 11) is 0. The minimum absolute atomic E-state index is 0.273. The molecule has 114 valence electrons. The molecule has 0 fully saturated rings. The third-order valence-electron chi connectivity index (χ3n) is 2.81. The quantitative estimate of drug-likeness (QED) is 0.817. The van der Waals surface area contributed by atoms with Crippen LogP contribution >= 0.6 is 0 Å². The van der Waals surface area contributed by atoms with Crippen LogP contribution in [-0.2, 0) is 6.18 Å². The molecule has 1 heterocycles. The standard InChI is InChI=1S/C14H22F3N3/c1-4-7-20(8-5-2)13-10-11(14(15,16)17)9-12(19-13)18-6-3/h9-10H,4-8H2,1-3H3,(H,18,19). The number of halogens is 3. The maximum absolute atomic E-state index is 12.9. The number of hydrogen-bond acceptors (Lipinski definition) is 3. The van der Waals surface area contributed by atoms with E-state index in [2.05, 4.69) is 10.3 Å². The zero-order valence-electron chi connectivity index (χ0n) is 12.2. The predicted molar refractivity (Wildman–Crippen MR) is 76.2 cm³/mol. The summed E-state index contributed by atoms with van der Waals surface area (Å²) < 4.78 is 38.8. The highest BCUT2D eigenvalue weighted by Gasteiger charge is 2.32. The van der Waals surface area contributed by atoms with Gasteiger partial charge < -0.3 is 10.2 Å². The fourth-order valence-electron chi connectivity index (χ4n) is 1.99. The molecule has 0 aliphatic heterocycles. The van der Waals surface area contributed by atoms with Gasteiger partial charge in [0.15, 0.2) is 0 Å². The second kappa shape index (κ2) is 7.36. The first kappa shape index (κ1) is 16.6. The first-order chi connectivity index (χ1) is 9.42. The van der Waals surface area contributed by atoms with Crippen LogP contribution in [0.4, 0.5) is 24.8 Å². The number of nitrogens with zero attached hydrogens (tertiary/aromatic N) is 2. The molecule has 0 saturated carbocycles. The van der Waals surface area contributed by atoms with E-state index in [-0.39, 0.29) is 5.82 Å². The molecule has 1 aromatic rings. The zero-order chi connectivity index (χ0) is 15.2. The van der Waals surface area contributed by atoms with Gasteiger partial charge in [-0.05, 0) is 31.9 Å². The lowest BCUT2D eigenvalue weighted by molar-refractivity contribution is -0.137. The first-order valence-electron chi connectivity index (χ1n) is 7.00. The average Bonchev–Trinajstić information content (AvgIpc) is 2.37. The lowest BCUT2D eigenvalue weighted by Crippen LogP contribution is -2.26. The van der Waals surface area contributed by atoms with Crippen molar-refractivity contribution in [3.05, 3.63) is 17.7 Å². The van der Waals surface area contributed by atoms with Gasteiger partial charge in [-0.2, -0.15) is 13.2 Å². The predicted octanol–water partition coefficient (Wildman–Crippen LogP) is 4.16. The molecule has 3 nitrogen and oxygen atoms in total. The second-order valence-electron chi connectivity index (χ2n) is 4.61. The summed E-state index contributed by atoms with van der Waals surface area (Å²) in [6.45, 7) is 7.77. The zero-order valence-corrected chi connectivity index (χ0v) is 12.2. The van der Waals surface area contributed by atoms with Gasteiger partial charge in [-0.1, -0.05) is 13.8 Å². The van der Waals surface area contributed by atoms with E-state index in [0.717, 1.165) is 25.0 Å². The van der Waals surface area contributed by atoms with Crippen molar-refractivity contribution < 1.29 is 13.2 Å². The Kier molecular flexibility index (Phi) is 6.10. The Labute approximate surface area is 118 Å². The molecule has 1 N–H and O–H groups in total. The van der Waals surface area contributed by atoms with E-state index >= 15 is 0 Å². The van der Waals surface area contributed by atoms with E-state index in [4.69, 9.17) is 0 Å². The third kappa shape index (κ3) is 4.58. The topological polar surface area (TPSA) is 28.2 Å². The molecule has 0 amide bonds. The molecule has 0 radical (unpaired) electrons. The lowest BCUT2D eigenvalue weighted by atomic mass is 10.2. The summed E-state index contributed by atoms with van der Waals surface area (Å²) in [5, 5.41) is 2.86. The highest BCUT2D eigenvalue weighted by atomic mass is 19.4. The van der Waals surface area contributed by atoms with Crippen LogP contribution in [0.25, 0.3) is 0 Å². The third-order valence-corrected chi connectivity index (χ3v) is 2.81. The van der Waals surface area contributed by atoms with Gasteiger partial charge >= 0.3 is 6.18 Å². The van der Waals surface area contributed by atoms with Gasteiger partial charge in [-0.15, -0.1) is 0 Å². The number of nitrogens with one attached hydrogen (secondary N) is 1. The molecule has 6 heteroatoms. The van der Waals surface area contributed by atoms with Crippen molar-refractivity contribution in [1.29, 1.82) is 0 Å². The van der Waals surface area contributed by atoms with E-state index in [1.807, 2.05) is 25.7 Å². The van der Waals surface area contributed by atoms with Crippen molar-refractivity contribution >= 4 is 11.6 Å². The SMILES string of the molecule is CCCN(CCC)c1cc(C(F)(F)F)cc(NCC)n1. The molecule has 1 rings (SSSR count). The first-order valence-corrected chi connectivity index (χ1v) is 7.00. The summed E-state index contributed by atoms with van der Waals surface area (Å²) >= 11 is 0. The number of hydrogen-bond donors (Lipinski definition) is 1. The fraction of sp³-hybridized carbons (Fsp3) is 0.643. The molecule has 20 heavy (non-hydrogen) atoms. The largest absolute Gasteiger partial charge is 0.416 e. The van der Waals surface area contributed by atoms with Crippen LogP contribution < -0.4 is 10.2 Å². The maximum Gasteiger partial charge on any atom is 0.416 e. The van der Waals surface area contributed by atoms with Gasteiger partial charge in [-0.3, -0.25) is 0 Å². The molecular weight excluding hydrogens is 267 g/mol. The van der Waals surface area contributed by atoms with Gasteiger partial charge in [-0.25, -0.2) is 4.98 Å². The van der Waals surface area contributed by atoms with Gasteiger partial charge in [0.05, 0.1) is 5.56 Å². The van der Waals surface area contributed by atoms with Crippen LogP contribution in [0.1, 0.15) is 39.2 Å². The Hall–Kier alpha value is -1.46. The summed E-state index contributed by atoms with van der Waals surface area (Å²) in [4.78, 5) is 6.19. The molecule has 0 bridgehead atoms. The average molecular weight is 289 g/mol. The highest BCUT2D eigenvalue weighted by Crippen LogP contribution is 2.33. The minimum Gasteiger partial charge on any atom is -0.370 e. The van der Waals surface area contributed by atoms with E-state index in [0.29, 0.717) is 25.5 Å². The Morgan fingerprint density at radius 1 is 1.10 bits per heavy atom. The Morgan fingerprint density at radius 3 is 2.15 bits per heavy atom. The smallest absolute Gasteiger partial charge is 0.370 e. The van der Waals surface area contributed by atoms with Crippen LogP contribution in [-0.4, -0.2) is 24.6 Å². The Morgan fingerprint density at radius 2 is 1.70 bits per heavy atom. The number of rotatable bonds is 7. The van der Waals surface area contributed by atoms with Crippen LogP contribution in [0.15, 0.2) is 12.1 Å². The summed E-state index contributed by atoms with van der Waals surface area (Å²) in [5.41, 5.74) is -0.657. The van der Waals surface area contributed by atoms with Gasteiger partial charge in [0.25, 0.3) is 0 Å². The highest BCUT2D eigenvalue weighted by molar-refractivity contribution is 5.51. The van der Waals surface area contributed by atoms with Crippen molar-refractivity contribution in [2.45, 2.75) is 39.8 Å². The molecule has 1 aromatic heterocycles. The maximum atomic E-state index is 12.9. The van der Waals surface area contributed by atoms with Crippen LogP contribution in [0.5, 0.6) is 0 Å². The summed E-state index contributed by atoms with van der Waals surface area (Å²) in [6.07, 6.45) is -2.62. The van der Waals surface area contributed by atoms with E-state index < -0.39 is 11.7 Å². The summed E-state index contributed by atoms with van der Waals surface area (Å²) in [5.74, 6) is 0.661. The number of anilines is 2. The summed E-state index contributed by atoms with van der Waals surface area (Å²) in [6, 6.07) is 2.19. The molecule has 0 saturated heterocycles. The van der Waals surface area contributed by atoms with E-state index in [1.165, 1.54) is 0 Å². The van der Waals surface area contributed by atoms with Crippen molar-refractivity contribution in [1.82, 2.24) is 4.98 Å².